The van der Waals surface area contributed by atoms with E-state index in [4.69, 9.17) is 4.74 Å². The Balaban J connectivity index is 1.49. The van der Waals surface area contributed by atoms with Crippen LogP contribution in [0, 0.1) is 0 Å². The Hall–Kier alpha value is -3.15. The Morgan fingerprint density at radius 1 is 1.08 bits per heavy atom. The number of nitrogens with zero attached hydrogens (tertiary/aromatic N) is 1. The molecule has 1 atom stereocenters. The van der Waals surface area contributed by atoms with Crippen LogP contribution >= 0.6 is 0 Å². The zero-order chi connectivity index (χ0) is 18.5. The first-order valence-corrected chi connectivity index (χ1v) is 8.45. The molecule has 2 aromatic rings. The van der Waals surface area contributed by atoms with E-state index >= 15 is 0 Å². The van der Waals surface area contributed by atoms with Crippen LogP contribution in [0.1, 0.15) is 22.8 Å². The minimum atomic E-state index is -0.650. The van der Waals surface area contributed by atoms with E-state index in [0.717, 1.165) is 17.7 Å². The van der Waals surface area contributed by atoms with E-state index in [9.17, 15) is 14.4 Å². The summed E-state index contributed by atoms with van der Waals surface area (Å²) in [7, 11) is 0. The third-order valence-electron chi connectivity index (χ3n) is 4.26. The minimum absolute atomic E-state index is 0.0244. The molecule has 0 spiro atoms. The summed E-state index contributed by atoms with van der Waals surface area (Å²) in [6.07, 6.45) is 0.781. The van der Waals surface area contributed by atoms with Gasteiger partial charge in [-0.05, 0) is 37.1 Å². The molecule has 0 aliphatic carbocycles. The van der Waals surface area contributed by atoms with Gasteiger partial charge in [0, 0.05) is 17.3 Å². The summed E-state index contributed by atoms with van der Waals surface area (Å²) in [6, 6.07) is 16.3. The Labute approximate surface area is 151 Å². The number of fused-ring (bicyclic) bond motifs is 1. The van der Waals surface area contributed by atoms with Crippen LogP contribution in [0.2, 0.25) is 0 Å². The van der Waals surface area contributed by atoms with Crippen LogP contribution in [0.5, 0.6) is 0 Å². The maximum atomic E-state index is 12.4. The van der Waals surface area contributed by atoms with E-state index in [-0.39, 0.29) is 31.0 Å². The van der Waals surface area contributed by atoms with Crippen molar-refractivity contribution in [3.63, 3.8) is 0 Å². The standard InChI is InChI=1S/C20H20N2O4/c1-14-11-16-9-5-6-10-17(16)22(14)18(23)13-26-19(24)12-21-20(25)15-7-3-2-4-8-15/h2-10,14H,11-13H2,1H3,(H,21,25)/t14-/m1/s1. The third-order valence-corrected chi connectivity index (χ3v) is 4.26. The zero-order valence-electron chi connectivity index (χ0n) is 14.5. The number of amides is 2. The molecule has 6 nitrogen and oxygen atoms in total. The molecule has 0 aromatic heterocycles. The maximum absolute atomic E-state index is 12.4. The maximum Gasteiger partial charge on any atom is 0.325 e. The highest BCUT2D eigenvalue weighted by Gasteiger charge is 2.30. The molecule has 1 N–H and O–H groups in total. The number of anilines is 1. The van der Waals surface area contributed by atoms with Gasteiger partial charge in [0.15, 0.2) is 6.61 Å². The minimum Gasteiger partial charge on any atom is -0.454 e. The lowest BCUT2D eigenvalue weighted by Crippen LogP contribution is -2.39. The average Bonchev–Trinajstić information content (AvgIpc) is 3.00. The molecular weight excluding hydrogens is 332 g/mol. The van der Waals surface area contributed by atoms with Crippen LogP contribution < -0.4 is 10.2 Å². The predicted molar refractivity (Wildman–Crippen MR) is 96.8 cm³/mol. The number of carbonyl (C=O) groups excluding carboxylic acids is 3. The van der Waals surface area contributed by atoms with Crippen molar-refractivity contribution in [2.24, 2.45) is 0 Å². The summed E-state index contributed by atoms with van der Waals surface area (Å²) < 4.78 is 5.02. The Kier molecular flexibility index (Phi) is 5.31. The fraction of sp³-hybridized carbons (Fsp3) is 0.250. The van der Waals surface area contributed by atoms with E-state index in [0.29, 0.717) is 5.56 Å². The average molecular weight is 352 g/mol. The first-order valence-electron chi connectivity index (χ1n) is 8.45. The van der Waals surface area contributed by atoms with Gasteiger partial charge in [0.1, 0.15) is 6.54 Å². The summed E-state index contributed by atoms with van der Waals surface area (Å²) in [4.78, 5) is 37.8. The highest BCUT2D eigenvalue weighted by atomic mass is 16.5. The quantitative estimate of drug-likeness (QED) is 0.835. The second kappa shape index (κ2) is 7.82. The molecule has 0 fully saturated rings. The predicted octanol–water partition coefficient (Wildman–Crippen LogP) is 1.94. The number of para-hydroxylation sites is 1. The third kappa shape index (κ3) is 3.91. The molecule has 0 saturated heterocycles. The summed E-state index contributed by atoms with van der Waals surface area (Å²) in [5.41, 5.74) is 2.42. The number of hydrogen-bond acceptors (Lipinski definition) is 4. The molecule has 134 valence electrons. The van der Waals surface area contributed by atoms with Gasteiger partial charge >= 0.3 is 5.97 Å². The number of esters is 1. The van der Waals surface area contributed by atoms with E-state index < -0.39 is 5.97 Å². The molecule has 3 rings (SSSR count). The summed E-state index contributed by atoms with van der Waals surface area (Å²) in [6.45, 7) is 1.33. The van der Waals surface area contributed by atoms with Gasteiger partial charge in [-0.25, -0.2) is 0 Å². The lowest BCUT2D eigenvalue weighted by Gasteiger charge is -2.22. The van der Waals surface area contributed by atoms with Crippen molar-refractivity contribution in [1.29, 1.82) is 0 Å². The zero-order valence-corrected chi connectivity index (χ0v) is 14.5. The Morgan fingerprint density at radius 2 is 1.77 bits per heavy atom. The van der Waals surface area contributed by atoms with Gasteiger partial charge in [0.05, 0.1) is 0 Å². The van der Waals surface area contributed by atoms with Gasteiger partial charge < -0.3 is 15.0 Å². The summed E-state index contributed by atoms with van der Waals surface area (Å²) in [5, 5.41) is 2.48. The summed E-state index contributed by atoms with van der Waals surface area (Å²) in [5.74, 6) is -1.29. The van der Waals surface area contributed by atoms with Crippen LogP contribution in [0.25, 0.3) is 0 Å². The topological polar surface area (TPSA) is 75.7 Å². The number of benzene rings is 2. The number of ether oxygens (including phenoxy) is 1. The van der Waals surface area contributed by atoms with Crippen molar-refractivity contribution in [2.75, 3.05) is 18.1 Å². The molecule has 6 heteroatoms. The second-order valence-electron chi connectivity index (χ2n) is 6.15. The van der Waals surface area contributed by atoms with Gasteiger partial charge in [-0.15, -0.1) is 0 Å². The molecule has 26 heavy (non-hydrogen) atoms. The molecule has 0 bridgehead atoms. The second-order valence-corrected chi connectivity index (χ2v) is 6.15. The molecule has 2 aromatic carbocycles. The van der Waals surface area contributed by atoms with Crippen LogP contribution in [0.4, 0.5) is 5.69 Å². The van der Waals surface area contributed by atoms with Crippen molar-refractivity contribution in [3.05, 3.63) is 65.7 Å². The monoisotopic (exact) mass is 352 g/mol. The molecule has 1 aliphatic heterocycles. The van der Waals surface area contributed by atoms with Crippen molar-refractivity contribution >= 4 is 23.5 Å². The van der Waals surface area contributed by atoms with Gasteiger partial charge in [-0.2, -0.15) is 0 Å². The van der Waals surface area contributed by atoms with Crippen molar-refractivity contribution in [3.8, 4) is 0 Å². The van der Waals surface area contributed by atoms with Gasteiger partial charge in [0.25, 0.3) is 11.8 Å². The van der Waals surface area contributed by atoms with Crippen LogP contribution in [0.3, 0.4) is 0 Å². The molecule has 1 aliphatic rings. The molecular formula is C20H20N2O4. The number of nitrogens with one attached hydrogen (secondary N) is 1. The lowest BCUT2D eigenvalue weighted by atomic mass is 10.1. The van der Waals surface area contributed by atoms with Gasteiger partial charge in [-0.3, -0.25) is 14.4 Å². The number of carbonyl (C=O) groups is 3. The van der Waals surface area contributed by atoms with E-state index in [2.05, 4.69) is 5.32 Å². The molecule has 0 saturated carbocycles. The first kappa shape index (κ1) is 17.7. The van der Waals surface area contributed by atoms with Crippen molar-refractivity contribution < 1.29 is 19.1 Å². The normalized spacial score (nSPS) is 15.3. The fourth-order valence-electron chi connectivity index (χ4n) is 3.05. The molecule has 2 amide bonds. The molecule has 0 radical (unpaired) electrons. The summed E-state index contributed by atoms with van der Waals surface area (Å²) >= 11 is 0. The fourth-order valence-corrected chi connectivity index (χ4v) is 3.05. The SMILES string of the molecule is C[C@@H]1Cc2ccccc2N1C(=O)COC(=O)CNC(=O)c1ccccc1. The number of hydrogen-bond donors (Lipinski definition) is 1. The largest absolute Gasteiger partial charge is 0.454 e. The number of rotatable bonds is 5. The van der Waals surface area contributed by atoms with E-state index in [1.807, 2.05) is 31.2 Å². The van der Waals surface area contributed by atoms with Crippen LogP contribution in [0.15, 0.2) is 54.6 Å². The first-order chi connectivity index (χ1) is 12.6. The molecule has 0 unspecified atom stereocenters. The lowest BCUT2D eigenvalue weighted by molar-refractivity contribution is -0.146. The van der Waals surface area contributed by atoms with E-state index in [1.165, 1.54) is 0 Å². The Bertz CT molecular complexity index is 820. The van der Waals surface area contributed by atoms with Gasteiger partial charge in [-0.1, -0.05) is 36.4 Å². The van der Waals surface area contributed by atoms with Crippen molar-refractivity contribution in [1.82, 2.24) is 5.32 Å². The highest BCUT2D eigenvalue weighted by Crippen LogP contribution is 2.31. The van der Waals surface area contributed by atoms with Crippen LogP contribution in [-0.4, -0.2) is 37.0 Å². The smallest absolute Gasteiger partial charge is 0.325 e. The van der Waals surface area contributed by atoms with Gasteiger partial charge in [0.2, 0.25) is 0 Å². The van der Waals surface area contributed by atoms with Crippen molar-refractivity contribution in [2.45, 2.75) is 19.4 Å². The molecule has 1 heterocycles. The van der Waals surface area contributed by atoms with E-state index in [1.54, 1.807) is 35.2 Å². The van der Waals surface area contributed by atoms with Crippen LogP contribution in [-0.2, 0) is 20.7 Å². The Morgan fingerprint density at radius 3 is 2.54 bits per heavy atom. The highest BCUT2D eigenvalue weighted by molar-refractivity contribution is 5.98.